The summed E-state index contributed by atoms with van der Waals surface area (Å²) in [5.41, 5.74) is 6.26. The van der Waals surface area contributed by atoms with Gasteiger partial charge in [-0.2, -0.15) is 0 Å². The second kappa shape index (κ2) is 8.45. The Morgan fingerprint density at radius 2 is 2.03 bits per heavy atom. The van der Waals surface area contributed by atoms with Crippen molar-refractivity contribution in [3.63, 3.8) is 0 Å². The van der Waals surface area contributed by atoms with Crippen LogP contribution in [0.15, 0.2) is 54.9 Å². The largest absolute Gasteiger partial charge is 0.375 e. The van der Waals surface area contributed by atoms with E-state index in [0.717, 1.165) is 5.56 Å². The Labute approximate surface area is 183 Å². The summed E-state index contributed by atoms with van der Waals surface area (Å²) in [5.74, 6) is -1.06. The number of aliphatic hydroxyl groups is 1. The predicted octanol–water partition coefficient (Wildman–Crippen LogP) is 1.74. The van der Waals surface area contributed by atoms with Crippen LogP contribution < -0.4 is 16.4 Å². The molecule has 0 fully saturated rings. The molecule has 3 aromatic rings. The lowest BCUT2D eigenvalue weighted by atomic mass is 9.93. The highest BCUT2D eigenvalue weighted by molar-refractivity contribution is 6.05. The van der Waals surface area contributed by atoms with Gasteiger partial charge in [0.15, 0.2) is 5.60 Å². The third-order valence-electron chi connectivity index (χ3n) is 5.40. The molecule has 1 aromatic heterocycles. The minimum absolute atomic E-state index is 0.179. The maximum absolute atomic E-state index is 13.5. The monoisotopic (exact) mass is 435 g/mol. The SMILES string of the molecule is C[C@@]1(O)C(=O)Nc2ncnc(-c3cccc(C(=O)N[C@H](CN)Cc4cccc(F)c4)c3)c21. The maximum atomic E-state index is 13.5. The molecular weight excluding hydrogens is 413 g/mol. The third-order valence-corrected chi connectivity index (χ3v) is 5.40. The second-order valence-corrected chi connectivity index (χ2v) is 7.79. The van der Waals surface area contributed by atoms with E-state index < -0.39 is 11.5 Å². The van der Waals surface area contributed by atoms with Crippen molar-refractivity contribution >= 4 is 17.6 Å². The van der Waals surface area contributed by atoms with Crippen LogP contribution in [0.1, 0.15) is 28.4 Å². The van der Waals surface area contributed by atoms with E-state index in [0.29, 0.717) is 23.2 Å². The van der Waals surface area contributed by atoms with Crippen LogP contribution in [0.5, 0.6) is 0 Å². The Balaban J connectivity index is 1.58. The zero-order chi connectivity index (χ0) is 22.9. The van der Waals surface area contributed by atoms with E-state index in [4.69, 9.17) is 5.73 Å². The zero-order valence-corrected chi connectivity index (χ0v) is 17.3. The number of rotatable bonds is 6. The van der Waals surface area contributed by atoms with Crippen LogP contribution >= 0.6 is 0 Å². The molecule has 0 saturated heterocycles. The van der Waals surface area contributed by atoms with Crippen molar-refractivity contribution < 1.29 is 19.1 Å². The molecule has 5 N–H and O–H groups in total. The number of hydrogen-bond donors (Lipinski definition) is 4. The van der Waals surface area contributed by atoms with Gasteiger partial charge in [-0.3, -0.25) is 9.59 Å². The first-order chi connectivity index (χ1) is 15.3. The van der Waals surface area contributed by atoms with E-state index in [1.165, 1.54) is 25.4 Å². The summed E-state index contributed by atoms with van der Waals surface area (Å²) in [4.78, 5) is 33.3. The first-order valence-corrected chi connectivity index (χ1v) is 10.0. The summed E-state index contributed by atoms with van der Waals surface area (Å²) < 4.78 is 13.5. The Bertz CT molecular complexity index is 1200. The molecular formula is C23H22FN5O3. The number of carbonyl (C=O) groups is 2. The molecule has 8 nitrogen and oxygen atoms in total. The number of nitrogens with zero attached hydrogens (tertiary/aromatic N) is 2. The van der Waals surface area contributed by atoms with Gasteiger partial charge in [0, 0.05) is 23.7 Å². The Hall–Kier alpha value is -3.69. The molecule has 32 heavy (non-hydrogen) atoms. The quantitative estimate of drug-likeness (QED) is 0.467. The molecule has 1 aliphatic rings. The normalized spacial score (nSPS) is 18.1. The van der Waals surface area contributed by atoms with Gasteiger partial charge in [0.2, 0.25) is 0 Å². The van der Waals surface area contributed by atoms with Gasteiger partial charge in [0.05, 0.1) is 11.3 Å². The average Bonchev–Trinajstić information content (AvgIpc) is 3.01. The summed E-state index contributed by atoms with van der Waals surface area (Å²) in [6, 6.07) is 12.4. The zero-order valence-electron chi connectivity index (χ0n) is 17.3. The molecule has 0 aliphatic carbocycles. The van der Waals surface area contributed by atoms with E-state index in [9.17, 15) is 19.1 Å². The standard InChI is InChI=1S/C23H22FN5O3/c1-23(32)18-19(26-12-27-20(18)29-22(23)31)14-5-3-6-15(10-14)21(30)28-17(11-25)9-13-4-2-7-16(24)8-13/h2-8,10,12,17,32H,9,11,25H2,1H3,(H,28,30)(H,26,27,29,31)/t17-,23-/m0/s1. The van der Waals surface area contributed by atoms with Gasteiger partial charge in [-0.15, -0.1) is 0 Å². The van der Waals surface area contributed by atoms with Crippen molar-refractivity contribution in [2.45, 2.75) is 25.0 Å². The molecule has 2 heterocycles. The van der Waals surface area contributed by atoms with Crippen molar-refractivity contribution in [3.8, 4) is 11.3 Å². The number of nitrogens with two attached hydrogens (primary N) is 1. The first-order valence-electron chi connectivity index (χ1n) is 10.0. The van der Waals surface area contributed by atoms with Crippen LogP contribution in [-0.2, 0) is 16.8 Å². The fourth-order valence-electron chi connectivity index (χ4n) is 3.72. The Morgan fingerprint density at radius 3 is 2.78 bits per heavy atom. The number of anilines is 1. The minimum Gasteiger partial charge on any atom is -0.375 e. The van der Waals surface area contributed by atoms with Gasteiger partial charge in [0.1, 0.15) is 18.0 Å². The number of hydrogen-bond acceptors (Lipinski definition) is 6. The molecule has 164 valence electrons. The molecule has 1 aliphatic heterocycles. The fraction of sp³-hybridized carbons (Fsp3) is 0.217. The lowest BCUT2D eigenvalue weighted by Gasteiger charge is -2.18. The van der Waals surface area contributed by atoms with E-state index in [1.54, 1.807) is 36.4 Å². The highest BCUT2D eigenvalue weighted by Gasteiger charge is 2.44. The topological polar surface area (TPSA) is 130 Å². The van der Waals surface area contributed by atoms with Gasteiger partial charge in [0.25, 0.3) is 11.8 Å². The molecule has 2 atom stereocenters. The minimum atomic E-state index is -1.79. The van der Waals surface area contributed by atoms with Crippen molar-refractivity contribution in [1.82, 2.24) is 15.3 Å². The van der Waals surface area contributed by atoms with Gasteiger partial charge in [-0.05, 0) is 43.2 Å². The summed E-state index contributed by atoms with van der Waals surface area (Å²) in [6.45, 7) is 1.55. The fourth-order valence-corrected chi connectivity index (χ4v) is 3.72. The molecule has 0 radical (unpaired) electrons. The molecule has 0 bridgehead atoms. The number of fused-ring (bicyclic) bond motifs is 1. The molecule has 0 saturated carbocycles. The summed E-state index contributed by atoms with van der Waals surface area (Å²) in [6.07, 6.45) is 1.67. The van der Waals surface area contributed by atoms with E-state index in [1.807, 2.05) is 0 Å². The number of benzene rings is 2. The van der Waals surface area contributed by atoms with Crippen molar-refractivity contribution in [2.75, 3.05) is 11.9 Å². The molecule has 2 amide bonds. The number of carbonyl (C=O) groups excluding carboxylic acids is 2. The van der Waals surface area contributed by atoms with E-state index in [-0.39, 0.29) is 35.7 Å². The summed E-state index contributed by atoms with van der Waals surface area (Å²) in [7, 11) is 0. The van der Waals surface area contributed by atoms with Crippen LogP contribution in [0.2, 0.25) is 0 Å². The van der Waals surface area contributed by atoms with Crippen LogP contribution in [0.25, 0.3) is 11.3 Å². The third kappa shape index (κ3) is 4.08. The van der Waals surface area contributed by atoms with Gasteiger partial charge in [-0.25, -0.2) is 14.4 Å². The Kier molecular flexibility index (Phi) is 5.68. The maximum Gasteiger partial charge on any atom is 0.262 e. The molecule has 2 aromatic carbocycles. The molecule has 9 heteroatoms. The second-order valence-electron chi connectivity index (χ2n) is 7.79. The number of halogens is 1. The van der Waals surface area contributed by atoms with Gasteiger partial charge in [-0.1, -0.05) is 24.3 Å². The summed E-state index contributed by atoms with van der Waals surface area (Å²) >= 11 is 0. The first kappa shape index (κ1) is 21.5. The lowest BCUT2D eigenvalue weighted by molar-refractivity contribution is -0.131. The van der Waals surface area contributed by atoms with Gasteiger partial charge >= 0.3 is 0 Å². The van der Waals surface area contributed by atoms with E-state index in [2.05, 4.69) is 20.6 Å². The average molecular weight is 435 g/mol. The number of amides is 2. The van der Waals surface area contributed by atoms with Gasteiger partial charge < -0.3 is 21.5 Å². The van der Waals surface area contributed by atoms with Crippen LogP contribution in [-0.4, -0.2) is 39.5 Å². The van der Waals surface area contributed by atoms with Crippen molar-refractivity contribution in [1.29, 1.82) is 0 Å². The van der Waals surface area contributed by atoms with Crippen LogP contribution in [0.3, 0.4) is 0 Å². The van der Waals surface area contributed by atoms with E-state index >= 15 is 0 Å². The molecule has 4 rings (SSSR count). The smallest absolute Gasteiger partial charge is 0.262 e. The highest BCUT2D eigenvalue weighted by atomic mass is 19.1. The van der Waals surface area contributed by atoms with Crippen LogP contribution in [0, 0.1) is 5.82 Å². The Morgan fingerprint density at radius 1 is 1.25 bits per heavy atom. The number of nitrogens with one attached hydrogen (secondary N) is 2. The lowest BCUT2D eigenvalue weighted by Crippen LogP contribution is -2.41. The van der Waals surface area contributed by atoms with Crippen LogP contribution in [0.4, 0.5) is 10.2 Å². The number of aromatic nitrogens is 2. The van der Waals surface area contributed by atoms with Crippen molar-refractivity contribution in [3.05, 3.63) is 77.4 Å². The van der Waals surface area contributed by atoms with Crippen molar-refractivity contribution in [2.24, 2.45) is 5.73 Å². The molecule has 0 spiro atoms. The summed E-state index contributed by atoms with van der Waals surface area (Å²) in [5, 5.41) is 16.0. The molecule has 0 unspecified atom stereocenters. The predicted molar refractivity (Wildman–Crippen MR) is 116 cm³/mol. The highest BCUT2D eigenvalue weighted by Crippen LogP contribution is 2.39.